The molecule has 0 atom stereocenters. The molecule has 98 valence electrons. The number of benzene rings is 1. The minimum absolute atomic E-state index is 0.150. The zero-order valence-corrected chi connectivity index (χ0v) is 11.7. The van der Waals surface area contributed by atoms with Gasteiger partial charge in [0.2, 0.25) is 5.88 Å². The average molecular weight is 323 g/mol. The fourth-order valence-electron chi connectivity index (χ4n) is 1.44. The number of hydrogen-bond acceptors (Lipinski definition) is 5. The number of nitrogens with two attached hydrogens (primary N) is 1. The van der Waals surface area contributed by atoms with Crippen LogP contribution in [0.5, 0.6) is 11.6 Å². The first-order valence-electron chi connectivity index (χ1n) is 5.38. The number of rotatable bonds is 3. The molecule has 2 aromatic rings. The maximum absolute atomic E-state index is 11.5. The van der Waals surface area contributed by atoms with Gasteiger partial charge >= 0.3 is 5.97 Å². The van der Waals surface area contributed by atoms with Crippen LogP contribution >= 0.6 is 15.9 Å². The van der Waals surface area contributed by atoms with E-state index in [-0.39, 0.29) is 17.1 Å². The lowest BCUT2D eigenvalue weighted by atomic mass is 10.2. The van der Waals surface area contributed by atoms with Gasteiger partial charge in [-0.15, -0.1) is 0 Å². The molecule has 6 heteroatoms. The Morgan fingerprint density at radius 3 is 2.58 bits per heavy atom. The Morgan fingerprint density at radius 1 is 1.26 bits per heavy atom. The van der Waals surface area contributed by atoms with Crippen LogP contribution in [0.15, 0.2) is 41.0 Å². The Hall–Kier alpha value is -2.08. The maximum atomic E-state index is 11.5. The highest BCUT2D eigenvalue weighted by atomic mass is 79.9. The Balaban J connectivity index is 2.30. The molecule has 0 bridgehead atoms. The molecule has 5 nitrogen and oxygen atoms in total. The number of aromatic nitrogens is 1. The lowest BCUT2D eigenvalue weighted by Crippen LogP contribution is -2.07. The molecule has 0 amide bonds. The molecule has 0 fully saturated rings. The van der Waals surface area contributed by atoms with E-state index < -0.39 is 5.97 Å². The van der Waals surface area contributed by atoms with Gasteiger partial charge in [-0.2, -0.15) is 0 Å². The summed E-state index contributed by atoms with van der Waals surface area (Å²) >= 11 is 3.33. The van der Waals surface area contributed by atoms with E-state index >= 15 is 0 Å². The second-order valence-electron chi connectivity index (χ2n) is 3.62. The largest absolute Gasteiger partial charge is 0.465 e. The van der Waals surface area contributed by atoms with E-state index in [1.165, 1.54) is 19.4 Å². The van der Waals surface area contributed by atoms with E-state index in [1.54, 1.807) is 12.1 Å². The van der Waals surface area contributed by atoms with Crippen molar-refractivity contribution in [2.24, 2.45) is 0 Å². The van der Waals surface area contributed by atoms with Gasteiger partial charge < -0.3 is 15.2 Å². The van der Waals surface area contributed by atoms with Crippen molar-refractivity contribution in [1.29, 1.82) is 0 Å². The summed E-state index contributed by atoms with van der Waals surface area (Å²) in [5.74, 6) is 0.218. The summed E-state index contributed by atoms with van der Waals surface area (Å²) in [6, 6.07) is 8.66. The summed E-state index contributed by atoms with van der Waals surface area (Å²) in [5, 5.41) is 0. The van der Waals surface area contributed by atoms with Gasteiger partial charge in [-0.1, -0.05) is 15.9 Å². The van der Waals surface area contributed by atoms with Crippen LogP contribution < -0.4 is 10.5 Å². The van der Waals surface area contributed by atoms with Gasteiger partial charge in [0, 0.05) is 10.7 Å². The standard InChI is InChI=1S/C13H11BrN2O3/c1-18-13(17)10-6-7-16-12(11(10)15)19-9-4-2-8(14)3-5-9/h2-7H,15H2,1H3. The number of hydrogen-bond donors (Lipinski definition) is 1. The van der Waals surface area contributed by atoms with Gasteiger partial charge in [-0.05, 0) is 30.3 Å². The quantitative estimate of drug-likeness (QED) is 0.879. The van der Waals surface area contributed by atoms with Crippen molar-refractivity contribution in [2.75, 3.05) is 12.8 Å². The van der Waals surface area contributed by atoms with Gasteiger partial charge in [0.1, 0.15) is 11.4 Å². The average Bonchev–Trinajstić information content (AvgIpc) is 2.43. The fraction of sp³-hybridized carbons (Fsp3) is 0.0769. The molecule has 0 spiro atoms. The summed E-state index contributed by atoms with van der Waals surface area (Å²) in [7, 11) is 1.29. The van der Waals surface area contributed by atoms with Crippen molar-refractivity contribution in [1.82, 2.24) is 4.98 Å². The highest BCUT2D eigenvalue weighted by molar-refractivity contribution is 9.10. The summed E-state index contributed by atoms with van der Waals surface area (Å²) in [6.45, 7) is 0. The summed E-state index contributed by atoms with van der Waals surface area (Å²) in [6.07, 6.45) is 1.44. The van der Waals surface area contributed by atoms with Crippen LogP contribution in [-0.2, 0) is 4.74 Å². The Morgan fingerprint density at radius 2 is 1.95 bits per heavy atom. The number of halogens is 1. The van der Waals surface area contributed by atoms with Gasteiger partial charge in [-0.3, -0.25) is 0 Å². The molecule has 1 aromatic heterocycles. The van der Waals surface area contributed by atoms with Crippen molar-refractivity contribution >= 4 is 27.6 Å². The van der Waals surface area contributed by atoms with E-state index in [9.17, 15) is 4.79 Å². The first kappa shape index (κ1) is 13.4. The normalized spacial score (nSPS) is 10.0. The molecule has 1 heterocycles. The van der Waals surface area contributed by atoms with E-state index in [0.29, 0.717) is 5.75 Å². The number of pyridine rings is 1. The van der Waals surface area contributed by atoms with Crippen LogP contribution in [0.2, 0.25) is 0 Å². The summed E-state index contributed by atoms with van der Waals surface area (Å²) < 4.78 is 11.1. The zero-order chi connectivity index (χ0) is 13.8. The molecule has 0 radical (unpaired) electrons. The zero-order valence-electron chi connectivity index (χ0n) is 10.1. The molecule has 2 N–H and O–H groups in total. The number of nitrogen functional groups attached to an aromatic ring is 1. The maximum Gasteiger partial charge on any atom is 0.340 e. The smallest absolute Gasteiger partial charge is 0.340 e. The topological polar surface area (TPSA) is 74.4 Å². The van der Waals surface area contributed by atoms with Crippen LogP contribution in [0.1, 0.15) is 10.4 Å². The Kier molecular flexibility index (Phi) is 4.01. The lowest BCUT2D eigenvalue weighted by Gasteiger charge is -2.09. The van der Waals surface area contributed by atoms with Crippen LogP contribution in [0.4, 0.5) is 5.69 Å². The Labute approximate surface area is 118 Å². The van der Waals surface area contributed by atoms with Crippen LogP contribution in [0.25, 0.3) is 0 Å². The molecular formula is C13H11BrN2O3. The van der Waals surface area contributed by atoms with Gasteiger partial charge in [-0.25, -0.2) is 9.78 Å². The van der Waals surface area contributed by atoms with Gasteiger partial charge in [0.15, 0.2) is 0 Å². The number of ether oxygens (including phenoxy) is 2. The molecule has 0 aliphatic rings. The first-order valence-corrected chi connectivity index (χ1v) is 6.17. The molecule has 0 aliphatic heterocycles. The minimum atomic E-state index is -0.527. The number of methoxy groups -OCH3 is 1. The second kappa shape index (κ2) is 5.71. The van der Waals surface area contributed by atoms with Crippen molar-refractivity contribution in [2.45, 2.75) is 0 Å². The van der Waals surface area contributed by atoms with Crippen LogP contribution in [-0.4, -0.2) is 18.1 Å². The molecule has 0 unspecified atom stereocenters. The van der Waals surface area contributed by atoms with E-state index in [0.717, 1.165) is 4.47 Å². The molecule has 1 aromatic carbocycles. The third kappa shape index (κ3) is 3.03. The monoisotopic (exact) mass is 322 g/mol. The van der Waals surface area contributed by atoms with Crippen LogP contribution in [0, 0.1) is 0 Å². The van der Waals surface area contributed by atoms with Gasteiger partial charge in [0.25, 0.3) is 0 Å². The van der Waals surface area contributed by atoms with E-state index in [4.69, 9.17) is 10.5 Å². The number of carbonyl (C=O) groups excluding carboxylic acids is 1. The first-order chi connectivity index (χ1) is 9.11. The van der Waals surface area contributed by atoms with Crippen molar-refractivity contribution in [3.05, 3.63) is 46.6 Å². The lowest BCUT2D eigenvalue weighted by molar-refractivity contribution is 0.0601. The molecule has 2 rings (SSSR count). The van der Waals surface area contributed by atoms with Crippen LogP contribution in [0.3, 0.4) is 0 Å². The number of carbonyl (C=O) groups is 1. The second-order valence-corrected chi connectivity index (χ2v) is 4.54. The highest BCUT2D eigenvalue weighted by Crippen LogP contribution is 2.28. The third-order valence-electron chi connectivity index (χ3n) is 2.39. The molecular weight excluding hydrogens is 312 g/mol. The molecule has 0 aliphatic carbocycles. The number of anilines is 1. The predicted octanol–water partition coefficient (Wildman–Crippen LogP) is 3.01. The summed E-state index contributed by atoms with van der Waals surface area (Å²) in [5.41, 5.74) is 6.22. The van der Waals surface area contributed by atoms with Gasteiger partial charge in [0.05, 0.1) is 12.7 Å². The molecule has 0 saturated carbocycles. The molecule has 19 heavy (non-hydrogen) atoms. The fourth-order valence-corrected chi connectivity index (χ4v) is 1.70. The van der Waals surface area contributed by atoms with Crippen molar-refractivity contribution < 1.29 is 14.3 Å². The van der Waals surface area contributed by atoms with Crippen molar-refractivity contribution in [3.63, 3.8) is 0 Å². The number of esters is 1. The summed E-state index contributed by atoms with van der Waals surface area (Å²) in [4.78, 5) is 15.5. The number of nitrogens with zero attached hydrogens (tertiary/aromatic N) is 1. The van der Waals surface area contributed by atoms with E-state index in [1.807, 2.05) is 12.1 Å². The third-order valence-corrected chi connectivity index (χ3v) is 2.92. The SMILES string of the molecule is COC(=O)c1ccnc(Oc2ccc(Br)cc2)c1N. The molecule has 0 saturated heterocycles. The predicted molar refractivity (Wildman–Crippen MR) is 74.2 cm³/mol. The highest BCUT2D eigenvalue weighted by Gasteiger charge is 2.15. The Bertz CT molecular complexity index is 599. The van der Waals surface area contributed by atoms with E-state index in [2.05, 4.69) is 25.7 Å². The van der Waals surface area contributed by atoms with Crippen molar-refractivity contribution in [3.8, 4) is 11.6 Å². The minimum Gasteiger partial charge on any atom is -0.465 e.